The standard InChI is InChI=1S/C14H21N3/c1-15-12-8-4-5-9-13(12)16(2)14(15)17-10-6-3-7-11-17/h4-5,8-9,14H,3,6-7,10-11H2,1-2H3. The second kappa shape index (κ2) is 4.22. The lowest BCUT2D eigenvalue weighted by molar-refractivity contribution is 0.166. The molecule has 0 aliphatic carbocycles. The van der Waals surface area contributed by atoms with Crippen LogP contribution in [0.15, 0.2) is 24.3 Å². The van der Waals surface area contributed by atoms with Crippen molar-refractivity contribution in [2.45, 2.75) is 25.6 Å². The van der Waals surface area contributed by atoms with Crippen molar-refractivity contribution in [1.82, 2.24) is 4.90 Å². The summed E-state index contributed by atoms with van der Waals surface area (Å²) in [7, 11) is 4.42. The van der Waals surface area contributed by atoms with E-state index in [1.54, 1.807) is 0 Å². The van der Waals surface area contributed by atoms with Gasteiger partial charge >= 0.3 is 0 Å². The number of piperidine rings is 1. The Hall–Kier alpha value is -1.22. The molecule has 3 rings (SSSR count). The maximum absolute atomic E-state index is 2.60. The molecule has 0 atom stereocenters. The van der Waals surface area contributed by atoms with Crippen LogP contribution >= 0.6 is 0 Å². The van der Waals surface area contributed by atoms with Crippen LogP contribution in [0.5, 0.6) is 0 Å². The second-order valence-corrected chi connectivity index (χ2v) is 5.15. The molecule has 2 aliphatic heterocycles. The third-order valence-corrected chi connectivity index (χ3v) is 4.05. The Balaban J connectivity index is 1.88. The molecule has 2 heterocycles. The van der Waals surface area contributed by atoms with Gasteiger partial charge in [-0.15, -0.1) is 0 Å². The highest BCUT2D eigenvalue weighted by molar-refractivity contribution is 5.76. The molecular formula is C14H21N3. The summed E-state index contributed by atoms with van der Waals surface area (Å²) in [6, 6.07) is 8.69. The van der Waals surface area contributed by atoms with Gasteiger partial charge in [-0.2, -0.15) is 0 Å². The van der Waals surface area contributed by atoms with Crippen LogP contribution in [0.4, 0.5) is 11.4 Å². The number of rotatable bonds is 1. The minimum Gasteiger partial charge on any atom is -0.340 e. The van der Waals surface area contributed by atoms with Crippen LogP contribution in [-0.2, 0) is 0 Å². The summed E-state index contributed by atoms with van der Waals surface area (Å²) >= 11 is 0. The fourth-order valence-electron chi connectivity index (χ4n) is 3.21. The van der Waals surface area contributed by atoms with Crippen LogP contribution in [0.1, 0.15) is 19.3 Å². The number of nitrogens with zero attached hydrogens (tertiary/aromatic N) is 3. The Morgan fingerprint density at radius 1 is 0.882 bits per heavy atom. The van der Waals surface area contributed by atoms with E-state index in [4.69, 9.17) is 0 Å². The summed E-state index contributed by atoms with van der Waals surface area (Å²) in [5, 5.41) is 0. The highest BCUT2D eigenvalue weighted by atomic mass is 15.5. The molecule has 1 aromatic rings. The maximum Gasteiger partial charge on any atom is 0.160 e. The molecule has 0 radical (unpaired) electrons. The second-order valence-electron chi connectivity index (χ2n) is 5.15. The molecule has 3 heteroatoms. The molecule has 0 spiro atoms. The molecule has 0 saturated carbocycles. The van der Waals surface area contributed by atoms with Crippen molar-refractivity contribution in [3.05, 3.63) is 24.3 Å². The molecule has 0 amide bonds. The average Bonchev–Trinajstić information content (AvgIpc) is 2.64. The minimum atomic E-state index is 0.410. The minimum absolute atomic E-state index is 0.410. The van der Waals surface area contributed by atoms with Crippen molar-refractivity contribution in [3.63, 3.8) is 0 Å². The first kappa shape index (κ1) is 10.9. The zero-order valence-corrected chi connectivity index (χ0v) is 10.8. The molecule has 1 saturated heterocycles. The first-order valence-electron chi connectivity index (χ1n) is 6.58. The molecule has 0 N–H and O–H groups in total. The van der Waals surface area contributed by atoms with E-state index in [9.17, 15) is 0 Å². The molecule has 0 unspecified atom stereocenters. The van der Waals surface area contributed by atoms with Crippen molar-refractivity contribution in [1.29, 1.82) is 0 Å². The van der Waals surface area contributed by atoms with Crippen LogP contribution in [0.3, 0.4) is 0 Å². The number of fused-ring (bicyclic) bond motifs is 1. The molecule has 92 valence electrons. The normalized spacial score (nSPS) is 22.0. The first-order valence-corrected chi connectivity index (χ1v) is 6.58. The zero-order chi connectivity index (χ0) is 11.8. The van der Waals surface area contributed by atoms with Gasteiger partial charge in [-0.3, -0.25) is 4.90 Å². The number of para-hydroxylation sites is 2. The maximum atomic E-state index is 2.60. The third kappa shape index (κ3) is 1.69. The molecule has 17 heavy (non-hydrogen) atoms. The first-order chi connectivity index (χ1) is 8.29. The van der Waals surface area contributed by atoms with E-state index in [2.05, 4.69) is 53.1 Å². The molecule has 0 bridgehead atoms. The Bertz CT molecular complexity index is 369. The van der Waals surface area contributed by atoms with Crippen LogP contribution < -0.4 is 9.80 Å². The monoisotopic (exact) mass is 231 g/mol. The number of likely N-dealkylation sites (tertiary alicyclic amines) is 1. The molecule has 1 fully saturated rings. The summed E-state index contributed by atoms with van der Waals surface area (Å²) < 4.78 is 0. The van der Waals surface area contributed by atoms with Crippen LogP contribution in [0.2, 0.25) is 0 Å². The smallest absolute Gasteiger partial charge is 0.160 e. The van der Waals surface area contributed by atoms with E-state index in [-0.39, 0.29) is 0 Å². The Morgan fingerprint density at radius 3 is 1.94 bits per heavy atom. The van der Waals surface area contributed by atoms with Gasteiger partial charge in [0, 0.05) is 27.2 Å². The Kier molecular flexibility index (Phi) is 2.71. The lowest BCUT2D eigenvalue weighted by atomic mass is 10.1. The Morgan fingerprint density at radius 2 is 1.41 bits per heavy atom. The third-order valence-electron chi connectivity index (χ3n) is 4.05. The molecular weight excluding hydrogens is 210 g/mol. The predicted molar refractivity (Wildman–Crippen MR) is 72.5 cm³/mol. The SMILES string of the molecule is CN1c2ccccc2N(C)C1N1CCCCC1. The van der Waals surface area contributed by atoms with Gasteiger partial charge in [0.1, 0.15) is 0 Å². The van der Waals surface area contributed by atoms with Gasteiger partial charge in [-0.25, -0.2) is 0 Å². The van der Waals surface area contributed by atoms with Crippen LogP contribution in [0, 0.1) is 0 Å². The number of hydrogen-bond acceptors (Lipinski definition) is 3. The van der Waals surface area contributed by atoms with Crippen molar-refractivity contribution in [2.75, 3.05) is 37.0 Å². The van der Waals surface area contributed by atoms with Gasteiger partial charge in [0.05, 0.1) is 11.4 Å². The molecule has 0 aromatic heterocycles. The summed E-state index contributed by atoms with van der Waals surface area (Å²) in [6.45, 7) is 2.46. The highest BCUT2D eigenvalue weighted by Gasteiger charge is 2.35. The topological polar surface area (TPSA) is 9.72 Å². The fraction of sp³-hybridized carbons (Fsp3) is 0.571. The predicted octanol–water partition coefficient (Wildman–Crippen LogP) is 2.34. The molecule has 2 aliphatic rings. The van der Waals surface area contributed by atoms with E-state index in [0.29, 0.717) is 6.29 Å². The lowest BCUT2D eigenvalue weighted by Gasteiger charge is -2.40. The summed E-state index contributed by atoms with van der Waals surface area (Å²) in [5.41, 5.74) is 2.70. The molecule has 3 nitrogen and oxygen atoms in total. The van der Waals surface area contributed by atoms with E-state index < -0.39 is 0 Å². The molecule has 1 aromatic carbocycles. The summed E-state index contributed by atoms with van der Waals surface area (Å²) in [5.74, 6) is 0. The van der Waals surface area contributed by atoms with Crippen molar-refractivity contribution >= 4 is 11.4 Å². The number of hydrogen-bond donors (Lipinski definition) is 0. The van der Waals surface area contributed by atoms with Gasteiger partial charge in [-0.05, 0) is 25.0 Å². The fourth-order valence-corrected chi connectivity index (χ4v) is 3.21. The number of anilines is 2. The Labute approximate surface area is 104 Å². The zero-order valence-electron chi connectivity index (χ0n) is 10.8. The van der Waals surface area contributed by atoms with Crippen molar-refractivity contribution in [2.24, 2.45) is 0 Å². The van der Waals surface area contributed by atoms with E-state index in [0.717, 1.165) is 0 Å². The van der Waals surface area contributed by atoms with Gasteiger partial charge in [0.15, 0.2) is 6.29 Å². The largest absolute Gasteiger partial charge is 0.340 e. The van der Waals surface area contributed by atoms with E-state index in [1.807, 2.05) is 0 Å². The number of benzene rings is 1. The lowest BCUT2D eigenvalue weighted by Crippen LogP contribution is -2.54. The quantitative estimate of drug-likeness (QED) is 0.734. The van der Waals surface area contributed by atoms with Crippen molar-refractivity contribution in [3.8, 4) is 0 Å². The van der Waals surface area contributed by atoms with Gasteiger partial charge < -0.3 is 9.80 Å². The summed E-state index contributed by atoms with van der Waals surface area (Å²) in [6.07, 6.45) is 4.49. The van der Waals surface area contributed by atoms with E-state index >= 15 is 0 Å². The average molecular weight is 231 g/mol. The van der Waals surface area contributed by atoms with Gasteiger partial charge in [-0.1, -0.05) is 18.6 Å². The van der Waals surface area contributed by atoms with E-state index in [1.165, 1.54) is 43.7 Å². The summed E-state index contributed by atoms with van der Waals surface area (Å²) in [4.78, 5) is 7.41. The van der Waals surface area contributed by atoms with Crippen molar-refractivity contribution < 1.29 is 0 Å². The van der Waals surface area contributed by atoms with Gasteiger partial charge in [0.25, 0.3) is 0 Å². The van der Waals surface area contributed by atoms with Gasteiger partial charge in [0.2, 0.25) is 0 Å². The van der Waals surface area contributed by atoms with Crippen LogP contribution in [-0.4, -0.2) is 38.4 Å². The van der Waals surface area contributed by atoms with Crippen LogP contribution in [0.25, 0.3) is 0 Å². The highest BCUT2D eigenvalue weighted by Crippen LogP contribution is 2.38.